The van der Waals surface area contributed by atoms with Gasteiger partial charge in [-0.05, 0) is 37.8 Å². The molecule has 0 saturated carbocycles. The van der Waals surface area contributed by atoms with Crippen LogP contribution >= 0.6 is 0 Å². The van der Waals surface area contributed by atoms with Crippen LogP contribution in [-0.2, 0) is 5.72 Å². The molecular weight excluding hydrogens is 288 g/mol. The average molecular weight is 318 g/mol. The number of fused-ring (bicyclic) bond motifs is 1. The van der Waals surface area contributed by atoms with Gasteiger partial charge in [-0.25, -0.2) is 0 Å². The molecule has 3 N–H and O–H groups in total. The molecule has 1 atom stereocenters. The van der Waals surface area contributed by atoms with Gasteiger partial charge in [-0.15, -0.1) is 0 Å². The van der Waals surface area contributed by atoms with Crippen molar-refractivity contribution in [2.24, 2.45) is 0 Å². The molecule has 0 saturated heterocycles. The number of nitrogens with two attached hydrogens (primary N) is 1. The van der Waals surface area contributed by atoms with Gasteiger partial charge in [0, 0.05) is 18.3 Å². The molecule has 2 rings (SSSR count). The lowest BCUT2D eigenvalue weighted by Crippen LogP contribution is -2.41. The monoisotopic (exact) mass is 318 g/mol. The summed E-state index contributed by atoms with van der Waals surface area (Å²) >= 11 is 0. The van der Waals surface area contributed by atoms with Crippen molar-refractivity contribution in [3.05, 3.63) is 28.3 Å². The molecule has 128 valence electrons. The summed E-state index contributed by atoms with van der Waals surface area (Å²) < 4.78 is 0. The number of nitrogen functional groups attached to an aromatic ring is 1. The number of hydrogen-bond acceptors (Lipinski definition) is 3. The third-order valence-corrected chi connectivity index (χ3v) is 5.12. The SMILES string of the molecule is CCCCCCCCC1(O)c2c(C)cc(C)c(N)c2C(=O)N1C. The van der Waals surface area contributed by atoms with Crippen molar-refractivity contribution >= 4 is 11.6 Å². The molecule has 0 bridgehead atoms. The molecule has 4 heteroatoms. The Labute approximate surface area is 139 Å². The van der Waals surface area contributed by atoms with E-state index in [9.17, 15) is 9.90 Å². The highest BCUT2D eigenvalue weighted by molar-refractivity contribution is 6.05. The summed E-state index contributed by atoms with van der Waals surface area (Å²) in [5.74, 6) is -0.169. The summed E-state index contributed by atoms with van der Waals surface area (Å²) in [7, 11) is 1.67. The van der Waals surface area contributed by atoms with Gasteiger partial charge < -0.3 is 15.7 Å². The maximum Gasteiger partial charge on any atom is 0.258 e. The second kappa shape index (κ2) is 6.91. The van der Waals surface area contributed by atoms with Crippen LogP contribution in [0.2, 0.25) is 0 Å². The van der Waals surface area contributed by atoms with Gasteiger partial charge in [0.1, 0.15) is 0 Å². The molecule has 0 aliphatic carbocycles. The number of aliphatic hydroxyl groups is 1. The Morgan fingerprint density at radius 2 is 1.74 bits per heavy atom. The summed E-state index contributed by atoms with van der Waals surface area (Å²) in [5.41, 5.74) is 8.46. The van der Waals surface area contributed by atoms with Crippen LogP contribution in [0.1, 0.15) is 78.9 Å². The number of unbranched alkanes of at least 4 members (excludes halogenated alkanes) is 5. The fourth-order valence-corrected chi connectivity index (χ4v) is 3.69. The Hall–Kier alpha value is -1.55. The third-order valence-electron chi connectivity index (χ3n) is 5.12. The first-order valence-corrected chi connectivity index (χ1v) is 8.75. The third kappa shape index (κ3) is 3.09. The molecule has 1 aliphatic heterocycles. The average Bonchev–Trinajstić information content (AvgIpc) is 2.71. The van der Waals surface area contributed by atoms with E-state index in [-0.39, 0.29) is 5.91 Å². The van der Waals surface area contributed by atoms with Gasteiger partial charge in [-0.3, -0.25) is 4.79 Å². The van der Waals surface area contributed by atoms with E-state index in [1.165, 1.54) is 30.6 Å². The van der Waals surface area contributed by atoms with Crippen LogP contribution in [0.5, 0.6) is 0 Å². The zero-order valence-electron chi connectivity index (χ0n) is 14.9. The minimum Gasteiger partial charge on any atom is -0.398 e. The van der Waals surface area contributed by atoms with E-state index in [1.54, 1.807) is 7.05 Å². The first-order chi connectivity index (χ1) is 10.8. The molecule has 1 aliphatic rings. The predicted octanol–water partition coefficient (Wildman–Crippen LogP) is 3.87. The van der Waals surface area contributed by atoms with Crippen LogP contribution in [0, 0.1) is 13.8 Å². The van der Waals surface area contributed by atoms with E-state index in [2.05, 4.69) is 6.92 Å². The van der Waals surface area contributed by atoms with Crippen molar-refractivity contribution in [3.8, 4) is 0 Å². The second-order valence-corrected chi connectivity index (χ2v) is 6.87. The number of benzene rings is 1. The van der Waals surface area contributed by atoms with Crippen LogP contribution in [0.4, 0.5) is 5.69 Å². The predicted molar refractivity (Wildman–Crippen MR) is 94.3 cm³/mol. The Morgan fingerprint density at radius 1 is 1.13 bits per heavy atom. The molecule has 1 unspecified atom stereocenters. The Kier molecular flexibility index (Phi) is 5.35. The summed E-state index contributed by atoms with van der Waals surface area (Å²) in [6.45, 7) is 6.05. The maximum atomic E-state index is 12.6. The van der Waals surface area contributed by atoms with Crippen molar-refractivity contribution in [2.45, 2.75) is 71.4 Å². The van der Waals surface area contributed by atoms with Gasteiger partial charge >= 0.3 is 0 Å². The molecule has 23 heavy (non-hydrogen) atoms. The van der Waals surface area contributed by atoms with E-state index >= 15 is 0 Å². The highest BCUT2D eigenvalue weighted by Crippen LogP contribution is 2.44. The number of anilines is 1. The highest BCUT2D eigenvalue weighted by Gasteiger charge is 2.48. The molecular formula is C19H30N2O2. The summed E-state index contributed by atoms with van der Waals surface area (Å²) in [4.78, 5) is 14.1. The first kappa shape index (κ1) is 17.8. The van der Waals surface area contributed by atoms with Gasteiger partial charge in [-0.1, -0.05) is 45.1 Å². The van der Waals surface area contributed by atoms with Crippen LogP contribution in [-0.4, -0.2) is 23.0 Å². The molecule has 4 nitrogen and oxygen atoms in total. The number of amides is 1. The van der Waals surface area contributed by atoms with Crippen molar-refractivity contribution in [1.29, 1.82) is 0 Å². The van der Waals surface area contributed by atoms with Gasteiger partial charge in [0.15, 0.2) is 5.72 Å². The van der Waals surface area contributed by atoms with Crippen LogP contribution in [0.3, 0.4) is 0 Å². The number of carbonyl (C=O) groups is 1. The smallest absolute Gasteiger partial charge is 0.258 e. The van der Waals surface area contributed by atoms with E-state index in [1.807, 2.05) is 19.9 Å². The van der Waals surface area contributed by atoms with Gasteiger partial charge in [0.05, 0.1) is 5.56 Å². The first-order valence-electron chi connectivity index (χ1n) is 8.75. The Morgan fingerprint density at radius 3 is 2.39 bits per heavy atom. The van der Waals surface area contributed by atoms with Crippen LogP contribution in [0.15, 0.2) is 6.07 Å². The minimum atomic E-state index is -1.22. The molecule has 1 aromatic carbocycles. The largest absolute Gasteiger partial charge is 0.398 e. The number of rotatable bonds is 7. The topological polar surface area (TPSA) is 66.6 Å². The van der Waals surface area contributed by atoms with E-state index in [4.69, 9.17) is 5.73 Å². The molecule has 1 heterocycles. The van der Waals surface area contributed by atoms with Crippen LogP contribution in [0.25, 0.3) is 0 Å². The van der Waals surface area contributed by atoms with Crippen molar-refractivity contribution in [2.75, 3.05) is 12.8 Å². The number of aryl methyl sites for hydroxylation is 2. The van der Waals surface area contributed by atoms with E-state index < -0.39 is 5.72 Å². The van der Waals surface area contributed by atoms with E-state index in [0.717, 1.165) is 24.0 Å². The molecule has 0 spiro atoms. The minimum absolute atomic E-state index is 0.169. The van der Waals surface area contributed by atoms with Crippen LogP contribution < -0.4 is 5.73 Å². The van der Waals surface area contributed by atoms with Crippen molar-refractivity contribution < 1.29 is 9.90 Å². The number of hydrogen-bond donors (Lipinski definition) is 2. The Balaban J connectivity index is 2.21. The molecule has 0 aromatic heterocycles. The van der Waals surface area contributed by atoms with Crippen molar-refractivity contribution in [3.63, 3.8) is 0 Å². The lowest BCUT2D eigenvalue weighted by molar-refractivity contribution is -0.0803. The fraction of sp³-hybridized carbons (Fsp3) is 0.632. The Bertz CT molecular complexity index is 598. The second-order valence-electron chi connectivity index (χ2n) is 6.87. The van der Waals surface area contributed by atoms with Gasteiger partial charge in [-0.2, -0.15) is 0 Å². The lowest BCUT2D eigenvalue weighted by atomic mass is 9.89. The van der Waals surface area contributed by atoms with Crippen molar-refractivity contribution in [1.82, 2.24) is 4.90 Å². The zero-order chi connectivity index (χ0) is 17.2. The summed E-state index contributed by atoms with van der Waals surface area (Å²) in [6.07, 6.45) is 7.48. The molecule has 1 amide bonds. The van der Waals surface area contributed by atoms with Gasteiger partial charge in [0.2, 0.25) is 0 Å². The number of carbonyl (C=O) groups excluding carboxylic acids is 1. The lowest BCUT2D eigenvalue weighted by Gasteiger charge is -2.32. The summed E-state index contributed by atoms with van der Waals surface area (Å²) in [5, 5.41) is 11.2. The normalized spacial score (nSPS) is 20.2. The molecule has 0 fully saturated rings. The van der Waals surface area contributed by atoms with Gasteiger partial charge in [0.25, 0.3) is 5.91 Å². The van der Waals surface area contributed by atoms with E-state index in [0.29, 0.717) is 23.2 Å². The quantitative estimate of drug-likeness (QED) is 0.592. The molecule has 0 radical (unpaired) electrons. The fourth-order valence-electron chi connectivity index (χ4n) is 3.69. The highest BCUT2D eigenvalue weighted by atomic mass is 16.3. The standard InChI is InChI=1S/C19H30N2O2/c1-5-6-7-8-9-10-11-19(23)16-13(2)12-14(3)17(20)15(16)18(22)21(19)4/h12,23H,5-11,20H2,1-4H3. The number of nitrogens with zero attached hydrogens (tertiary/aromatic N) is 1. The maximum absolute atomic E-state index is 12.6. The summed E-state index contributed by atoms with van der Waals surface area (Å²) in [6, 6.07) is 1.97. The molecule has 1 aromatic rings. The zero-order valence-corrected chi connectivity index (χ0v) is 14.9.